The maximum absolute atomic E-state index is 13.3. The molecule has 2 aliphatic heterocycles. The van der Waals surface area contributed by atoms with Crippen molar-refractivity contribution < 1.29 is 24.2 Å². The van der Waals surface area contributed by atoms with Gasteiger partial charge in [-0.05, 0) is 68.9 Å². The minimum absolute atomic E-state index is 0.0643. The van der Waals surface area contributed by atoms with E-state index in [-0.39, 0.29) is 17.4 Å². The Bertz CT molecular complexity index is 1140. The van der Waals surface area contributed by atoms with Gasteiger partial charge in [0.05, 0.1) is 18.2 Å². The number of carbonyl (C=O) groups is 2. The fourth-order valence-electron chi connectivity index (χ4n) is 4.60. The smallest absolute Gasteiger partial charge is 0.295 e. The lowest BCUT2D eigenvalue weighted by Gasteiger charge is -2.27. The number of benzene rings is 2. The van der Waals surface area contributed by atoms with Crippen molar-refractivity contribution in [1.29, 1.82) is 0 Å². The van der Waals surface area contributed by atoms with Crippen LogP contribution in [0.15, 0.2) is 48.0 Å². The van der Waals surface area contributed by atoms with Gasteiger partial charge in [0.1, 0.15) is 23.4 Å². The summed E-state index contributed by atoms with van der Waals surface area (Å²) >= 11 is 0. The van der Waals surface area contributed by atoms with Crippen LogP contribution in [0.5, 0.6) is 11.5 Å². The van der Waals surface area contributed by atoms with Crippen LogP contribution in [0.4, 0.5) is 0 Å². The molecule has 4 rings (SSSR count). The van der Waals surface area contributed by atoms with Gasteiger partial charge in [-0.15, -0.1) is 0 Å². The van der Waals surface area contributed by atoms with Crippen LogP contribution in [0.3, 0.4) is 0 Å². The predicted molar refractivity (Wildman–Crippen MR) is 135 cm³/mol. The second kappa shape index (κ2) is 10.5. The number of likely N-dealkylation sites (N-methyl/N-ethyl adjacent to an activating group) is 1. The van der Waals surface area contributed by atoms with Gasteiger partial charge in [0, 0.05) is 25.1 Å². The molecule has 2 aromatic rings. The van der Waals surface area contributed by atoms with Crippen LogP contribution in [-0.2, 0) is 16.0 Å². The Morgan fingerprint density at radius 3 is 2.74 bits per heavy atom. The van der Waals surface area contributed by atoms with Crippen LogP contribution in [0, 0.1) is 0 Å². The highest BCUT2D eigenvalue weighted by atomic mass is 16.5. The van der Waals surface area contributed by atoms with Crippen molar-refractivity contribution in [3.8, 4) is 11.5 Å². The van der Waals surface area contributed by atoms with Crippen LogP contribution in [0.25, 0.3) is 5.76 Å². The van der Waals surface area contributed by atoms with Crippen molar-refractivity contribution in [2.75, 3.05) is 33.8 Å². The monoisotopic (exact) mass is 478 g/mol. The molecule has 0 radical (unpaired) electrons. The highest BCUT2D eigenvalue weighted by Crippen LogP contribution is 2.41. The maximum atomic E-state index is 13.3. The van der Waals surface area contributed by atoms with E-state index in [1.165, 1.54) is 0 Å². The number of ether oxygens (including phenoxy) is 2. The number of aliphatic hydroxyl groups is 1. The highest BCUT2D eigenvalue weighted by molar-refractivity contribution is 6.46. The quantitative estimate of drug-likeness (QED) is 0.252. The summed E-state index contributed by atoms with van der Waals surface area (Å²) in [5.41, 5.74) is 2.32. The zero-order valence-corrected chi connectivity index (χ0v) is 20.9. The second-order valence-electron chi connectivity index (χ2n) is 9.53. The predicted octanol–water partition coefficient (Wildman–Crippen LogP) is 4.17. The Kier molecular flexibility index (Phi) is 7.45. The lowest BCUT2D eigenvalue weighted by Crippen LogP contribution is -2.35. The molecule has 0 aromatic heterocycles. The summed E-state index contributed by atoms with van der Waals surface area (Å²) < 4.78 is 11.7. The molecule has 0 unspecified atom stereocenters. The summed E-state index contributed by atoms with van der Waals surface area (Å²) in [6.07, 6.45) is 2.75. The molecule has 2 aromatic carbocycles. The van der Waals surface area contributed by atoms with Crippen molar-refractivity contribution in [1.82, 2.24) is 9.80 Å². The lowest BCUT2D eigenvalue weighted by molar-refractivity contribution is -0.140. The van der Waals surface area contributed by atoms with Crippen LogP contribution >= 0.6 is 0 Å². The first kappa shape index (κ1) is 24.8. The lowest BCUT2D eigenvalue weighted by atomic mass is 9.94. The van der Waals surface area contributed by atoms with E-state index >= 15 is 0 Å². The summed E-state index contributed by atoms with van der Waals surface area (Å²) in [5.74, 6) is 0.0228. The van der Waals surface area contributed by atoms with Crippen molar-refractivity contribution in [3.63, 3.8) is 0 Å². The number of likely N-dealkylation sites (tertiary alicyclic amines) is 1. The third-order valence-electron chi connectivity index (χ3n) is 6.44. The van der Waals surface area contributed by atoms with Crippen LogP contribution < -0.4 is 9.47 Å². The number of hydrogen-bond acceptors (Lipinski definition) is 6. The molecule has 186 valence electrons. The molecule has 1 saturated heterocycles. The van der Waals surface area contributed by atoms with Gasteiger partial charge in [0.2, 0.25) is 0 Å². The molecular weight excluding hydrogens is 444 g/mol. The minimum atomic E-state index is -0.701. The molecule has 1 fully saturated rings. The Hall–Kier alpha value is -3.32. The fourth-order valence-corrected chi connectivity index (χ4v) is 4.60. The summed E-state index contributed by atoms with van der Waals surface area (Å²) in [6.45, 7) is 5.63. The van der Waals surface area contributed by atoms with Gasteiger partial charge >= 0.3 is 0 Å². The van der Waals surface area contributed by atoms with Crippen molar-refractivity contribution in [2.24, 2.45) is 0 Å². The van der Waals surface area contributed by atoms with E-state index in [1.54, 1.807) is 11.0 Å². The van der Waals surface area contributed by atoms with Gasteiger partial charge in [-0.3, -0.25) is 9.59 Å². The average molecular weight is 479 g/mol. The number of Topliss-reactive ketones (excluding diaryl/α,β-unsaturated/α-hetero) is 1. The summed E-state index contributed by atoms with van der Waals surface area (Å²) in [5, 5.41) is 11.4. The first-order valence-corrected chi connectivity index (χ1v) is 12.3. The van der Waals surface area contributed by atoms with Gasteiger partial charge in [-0.1, -0.05) is 25.5 Å². The Balaban J connectivity index is 1.77. The second-order valence-corrected chi connectivity index (χ2v) is 9.53. The molecule has 0 bridgehead atoms. The zero-order valence-electron chi connectivity index (χ0n) is 20.9. The SMILES string of the molecule is CCCCOc1cccc([C@H]2/C(=C(\O)c3ccc4c(c3)C[C@H](C)O4)C(=O)C(=O)N2CCN(C)C)c1. The number of hydrogen-bond donors (Lipinski definition) is 1. The molecule has 2 heterocycles. The molecule has 7 nitrogen and oxygen atoms in total. The Morgan fingerprint density at radius 1 is 1.20 bits per heavy atom. The van der Waals surface area contributed by atoms with Crippen molar-refractivity contribution >= 4 is 17.4 Å². The molecular formula is C28H34N2O5. The summed E-state index contributed by atoms with van der Waals surface area (Å²) in [6, 6.07) is 12.2. The molecule has 0 aliphatic carbocycles. The Labute approximate surface area is 206 Å². The van der Waals surface area contributed by atoms with E-state index in [0.717, 1.165) is 36.1 Å². The van der Waals surface area contributed by atoms with E-state index in [0.29, 0.717) is 31.0 Å². The minimum Gasteiger partial charge on any atom is -0.507 e. The molecule has 2 atom stereocenters. The van der Waals surface area contributed by atoms with E-state index in [4.69, 9.17) is 9.47 Å². The summed E-state index contributed by atoms with van der Waals surface area (Å²) in [4.78, 5) is 29.9. The molecule has 2 aliphatic rings. The number of ketones is 1. The molecule has 7 heteroatoms. The summed E-state index contributed by atoms with van der Waals surface area (Å²) in [7, 11) is 3.84. The number of fused-ring (bicyclic) bond motifs is 1. The van der Waals surface area contributed by atoms with Gasteiger partial charge in [-0.2, -0.15) is 0 Å². The van der Waals surface area contributed by atoms with Crippen LogP contribution in [0.1, 0.15) is 49.4 Å². The largest absolute Gasteiger partial charge is 0.507 e. The molecule has 1 amide bonds. The van der Waals surface area contributed by atoms with Crippen LogP contribution in [-0.4, -0.2) is 66.5 Å². The average Bonchev–Trinajstić information content (AvgIpc) is 3.33. The van der Waals surface area contributed by atoms with E-state index in [9.17, 15) is 14.7 Å². The standard InChI is InChI=1S/C28H34N2O5/c1-5-6-14-34-22-9-7-8-19(17-22)25-24(27(32)28(33)30(25)13-12-29(3)4)26(31)20-10-11-23-21(16-20)15-18(2)35-23/h7-11,16-18,25,31H,5-6,12-15H2,1-4H3/b26-24+/t18-,25-/m0/s1. The first-order chi connectivity index (χ1) is 16.8. The van der Waals surface area contributed by atoms with Crippen molar-refractivity contribution in [2.45, 2.75) is 45.3 Å². The Morgan fingerprint density at radius 2 is 2.00 bits per heavy atom. The third kappa shape index (κ3) is 5.20. The molecule has 0 spiro atoms. The maximum Gasteiger partial charge on any atom is 0.295 e. The van der Waals surface area contributed by atoms with Crippen LogP contribution in [0.2, 0.25) is 0 Å². The van der Waals surface area contributed by atoms with Gasteiger partial charge in [0.25, 0.3) is 11.7 Å². The number of rotatable bonds is 9. The van der Waals surface area contributed by atoms with E-state index < -0.39 is 17.7 Å². The fraction of sp³-hybridized carbons (Fsp3) is 0.429. The van der Waals surface area contributed by atoms with Gasteiger partial charge in [-0.25, -0.2) is 0 Å². The topological polar surface area (TPSA) is 79.3 Å². The van der Waals surface area contributed by atoms with E-state index in [1.807, 2.05) is 62.3 Å². The molecule has 35 heavy (non-hydrogen) atoms. The number of nitrogens with zero attached hydrogens (tertiary/aromatic N) is 2. The van der Waals surface area contributed by atoms with Gasteiger partial charge in [0.15, 0.2) is 0 Å². The number of amides is 1. The number of aliphatic hydroxyl groups excluding tert-OH is 1. The molecule has 0 saturated carbocycles. The van der Waals surface area contributed by atoms with Gasteiger partial charge < -0.3 is 24.4 Å². The zero-order chi connectivity index (χ0) is 25.1. The normalized spacial score (nSPS) is 20.9. The number of unbranched alkanes of at least 4 members (excludes halogenated alkanes) is 1. The van der Waals surface area contributed by atoms with Crippen molar-refractivity contribution in [3.05, 3.63) is 64.7 Å². The third-order valence-corrected chi connectivity index (χ3v) is 6.44. The van der Waals surface area contributed by atoms with E-state index in [2.05, 4.69) is 6.92 Å². The number of carbonyl (C=O) groups excluding carboxylic acids is 2. The highest BCUT2D eigenvalue weighted by Gasteiger charge is 2.46. The molecule has 1 N–H and O–H groups in total. The first-order valence-electron chi connectivity index (χ1n) is 12.3.